The molecule has 0 bridgehead atoms. The molecule has 0 aliphatic carbocycles. The van der Waals surface area contributed by atoms with Crippen LogP contribution in [0.25, 0.3) is 0 Å². The average Bonchev–Trinajstić information content (AvgIpc) is 3.10. The summed E-state index contributed by atoms with van der Waals surface area (Å²) >= 11 is 1.70. The van der Waals surface area contributed by atoms with Crippen LogP contribution in [0.2, 0.25) is 0 Å². The van der Waals surface area contributed by atoms with Crippen LogP contribution in [0.5, 0.6) is 0 Å². The molecule has 0 unspecified atom stereocenters. The number of amides is 1. The standard InChI is InChI=1S/C20H23NO2S/c1-14-9-10-15(2)18(12-14)21-20(22)17-7-3-4-8-19(17)24-13-16-6-5-11-23-16/h3-4,7-10,12,16H,5-6,11,13H2,1-2H3,(H,21,22)/t16-/m0/s1. The van der Waals surface area contributed by atoms with Gasteiger partial charge in [0.25, 0.3) is 5.91 Å². The molecule has 4 heteroatoms. The van der Waals surface area contributed by atoms with E-state index in [1.807, 2.05) is 50.2 Å². The highest BCUT2D eigenvalue weighted by atomic mass is 32.2. The van der Waals surface area contributed by atoms with Gasteiger partial charge in [0.15, 0.2) is 0 Å². The van der Waals surface area contributed by atoms with Crippen molar-refractivity contribution >= 4 is 23.4 Å². The van der Waals surface area contributed by atoms with Crippen LogP contribution in [-0.4, -0.2) is 24.4 Å². The molecule has 1 fully saturated rings. The molecule has 0 radical (unpaired) electrons. The van der Waals surface area contributed by atoms with Gasteiger partial charge in [0.05, 0.1) is 11.7 Å². The summed E-state index contributed by atoms with van der Waals surface area (Å²) in [5, 5.41) is 3.05. The fraction of sp³-hybridized carbons (Fsp3) is 0.350. The molecular formula is C20H23NO2S. The van der Waals surface area contributed by atoms with E-state index in [-0.39, 0.29) is 5.91 Å². The normalized spacial score (nSPS) is 17.0. The van der Waals surface area contributed by atoms with Gasteiger partial charge in [-0.15, -0.1) is 11.8 Å². The molecule has 3 rings (SSSR count). The molecule has 1 saturated heterocycles. The van der Waals surface area contributed by atoms with E-state index in [4.69, 9.17) is 4.74 Å². The summed E-state index contributed by atoms with van der Waals surface area (Å²) in [4.78, 5) is 13.7. The molecule has 126 valence electrons. The van der Waals surface area contributed by atoms with Crippen LogP contribution >= 0.6 is 11.8 Å². The minimum absolute atomic E-state index is 0.0564. The Morgan fingerprint density at radius 2 is 2.08 bits per heavy atom. The quantitative estimate of drug-likeness (QED) is 0.792. The van der Waals surface area contributed by atoms with Crippen molar-refractivity contribution in [3.63, 3.8) is 0 Å². The Morgan fingerprint density at radius 3 is 2.88 bits per heavy atom. The number of carbonyl (C=O) groups excluding carboxylic acids is 1. The van der Waals surface area contributed by atoms with Crippen LogP contribution in [0.3, 0.4) is 0 Å². The Kier molecular flexibility index (Phi) is 5.59. The summed E-state index contributed by atoms with van der Waals surface area (Å²) in [7, 11) is 0. The first-order valence-corrected chi connectivity index (χ1v) is 9.34. The number of anilines is 1. The number of hydrogen-bond donors (Lipinski definition) is 1. The van der Waals surface area contributed by atoms with Crippen molar-refractivity contribution in [1.82, 2.24) is 0 Å². The molecule has 1 heterocycles. The van der Waals surface area contributed by atoms with E-state index in [0.29, 0.717) is 6.10 Å². The van der Waals surface area contributed by atoms with Crippen molar-refractivity contribution in [1.29, 1.82) is 0 Å². The first kappa shape index (κ1) is 17.1. The third-order valence-electron chi connectivity index (χ3n) is 4.22. The van der Waals surface area contributed by atoms with E-state index < -0.39 is 0 Å². The second-order valence-corrected chi connectivity index (χ2v) is 7.28. The maximum atomic E-state index is 12.7. The summed E-state index contributed by atoms with van der Waals surface area (Å²) < 4.78 is 5.68. The van der Waals surface area contributed by atoms with E-state index in [1.165, 1.54) is 0 Å². The second-order valence-electron chi connectivity index (χ2n) is 6.21. The van der Waals surface area contributed by atoms with E-state index >= 15 is 0 Å². The third kappa shape index (κ3) is 4.19. The zero-order valence-corrected chi connectivity index (χ0v) is 15.0. The summed E-state index contributed by atoms with van der Waals surface area (Å²) in [5.41, 5.74) is 3.80. The SMILES string of the molecule is Cc1ccc(C)c(NC(=O)c2ccccc2SC[C@@H]2CCCO2)c1. The summed E-state index contributed by atoms with van der Waals surface area (Å²) in [6.07, 6.45) is 2.56. The number of benzene rings is 2. The first-order chi connectivity index (χ1) is 11.6. The van der Waals surface area contributed by atoms with Crippen LogP contribution in [0.1, 0.15) is 34.3 Å². The van der Waals surface area contributed by atoms with Gasteiger partial charge in [-0.2, -0.15) is 0 Å². The van der Waals surface area contributed by atoms with Gasteiger partial charge in [0, 0.05) is 22.9 Å². The zero-order chi connectivity index (χ0) is 16.9. The molecule has 1 N–H and O–H groups in total. The van der Waals surface area contributed by atoms with E-state index in [9.17, 15) is 4.79 Å². The maximum Gasteiger partial charge on any atom is 0.256 e. The number of aryl methyl sites for hydroxylation is 2. The largest absolute Gasteiger partial charge is 0.377 e. The smallest absolute Gasteiger partial charge is 0.256 e. The Labute approximate surface area is 147 Å². The lowest BCUT2D eigenvalue weighted by molar-refractivity contribution is 0.102. The van der Waals surface area contributed by atoms with Gasteiger partial charge in [-0.1, -0.05) is 24.3 Å². The lowest BCUT2D eigenvalue weighted by atomic mass is 10.1. The predicted octanol–water partition coefficient (Wildman–Crippen LogP) is 4.83. The lowest BCUT2D eigenvalue weighted by Gasteiger charge is -2.13. The Balaban J connectivity index is 1.73. The molecule has 2 aromatic rings. The molecular weight excluding hydrogens is 318 g/mol. The van der Waals surface area contributed by atoms with Crippen LogP contribution in [0.4, 0.5) is 5.69 Å². The van der Waals surface area contributed by atoms with Gasteiger partial charge in [0.2, 0.25) is 0 Å². The van der Waals surface area contributed by atoms with E-state index in [2.05, 4.69) is 11.4 Å². The Bertz CT molecular complexity index is 723. The minimum atomic E-state index is -0.0564. The molecule has 0 spiro atoms. The van der Waals surface area contributed by atoms with Crippen molar-refractivity contribution in [2.45, 2.75) is 37.7 Å². The van der Waals surface area contributed by atoms with E-state index in [0.717, 1.165) is 52.5 Å². The molecule has 24 heavy (non-hydrogen) atoms. The number of rotatable bonds is 5. The molecule has 1 atom stereocenters. The highest BCUT2D eigenvalue weighted by Gasteiger charge is 2.18. The molecule has 2 aromatic carbocycles. The zero-order valence-electron chi connectivity index (χ0n) is 14.2. The fourth-order valence-corrected chi connectivity index (χ4v) is 3.92. The van der Waals surface area contributed by atoms with Crippen molar-refractivity contribution in [3.8, 4) is 0 Å². The predicted molar refractivity (Wildman–Crippen MR) is 100 cm³/mol. The number of hydrogen-bond acceptors (Lipinski definition) is 3. The van der Waals surface area contributed by atoms with Crippen molar-refractivity contribution in [2.24, 2.45) is 0 Å². The van der Waals surface area contributed by atoms with E-state index in [1.54, 1.807) is 11.8 Å². The van der Waals surface area contributed by atoms with Gasteiger partial charge in [0.1, 0.15) is 0 Å². The number of carbonyl (C=O) groups is 1. The highest BCUT2D eigenvalue weighted by molar-refractivity contribution is 7.99. The minimum Gasteiger partial charge on any atom is -0.377 e. The number of thioether (sulfide) groups is 1. The number of nitrogens with one attached hydrogen (secondary N) is 1. The average molecular weight is 341 g/mol. The molecule has 0 aromatic heterocycles. The fourth-order valence-electron chi connectivity index (χ4n) is 2.80. The molecule has 1 aliphatic heterocycles. The highest BCUT2D eigenvalue weighted by Crippen LogP contribution is 2.27. The second kappa shape index (κ2) is 7.86. The van der Waals surface area contributed by atoms with Crippen molar-refractivity contribution in [2.75, 3.05) is 17.7 Å². The Hall–Kier alpha value is -1.78. The summed E-state index contributed by atoms with van der Waals surface area (Å²) in [6.45, 7) is 4.90. The van der Waals surface area contributed by atoms with Crippen molar-refractivity contribution in [3.05, 3.63) is 59.2 Å². The monoisotopic (exact) mass is 341 g/mol. The molecule has 1 amide bonds. The molecule has 1 aliphatic rings. The van der Waals surface area contributed by atoms with Crippen LogP contribution in [-0.2, 0) is 4.74 Å². The van der Waals surface area contributed by atoms with Gasteiger partial charge < -0.3 is 10.1 Å². The van der Waals surface area contributed by atoms with Gasteiger partial charge >= 0.3 is 0 Å². The Morgan fingerprint density at radius 1 is 1.25 bits per heavy atom. The maximum absolute atomic E-state index is 12.7. The van der Waals surface area contributed by atoms with Crippen LogP contribution in [0, 0.1) is 13.8 Å². The first-order valence-electron chi connectivity index (χ1n) is 8.35. The summed E-state index contributed by atoms with van der Waals surface area (Å²) in [6, 6.07) is 13.9. The van der Waals surface area contributed by atoms with Gasteiger partial charge in [-0.3, -0.25) is 4.79 Å². The van der Waals surface area contributed by atoms with Gasteiger partial charge in [-0.25, -0.2) is 0 Å². The lowest BCUT2D eigenvalue weighted by Crippen LogP contribution is -2.14. The van der Waals surface area contributed by atoms with Gasteiger partial charge in [-0.05, 0) is 56.0 Å². The summed E-state index contributed by atoms with van der Waals surface area (Å²) in [5.74, 6) is 0.840. The molecule has 0 saturated carbocycles. The van der Waals surface area contributed by atoms with Crippen molar-refractivity contribution < 1.29 is 9.53 Å². The van der Waals surface area contributed by atoms with Crippen LogP contribution in [0.15, 0.2) is 47.4 Å². The number of ether oxygens (including phenoxy) is 1. The third-order valence-corrected chi connectivity index (χ3v) is 5.43. The van der Waals surface area contributed by atoms with Crippen LogP contribution < -0.4 is 5.32 Å². The topological polar surface area (TPSA) is 38.3 Å². The molecule has 3 nitrogen and oxygen atoms in total.